The summed E-state index contributed by atoms with van der Waals surface area (Å²) in [6.07, 6.45) is 0. The van der Waals surface area contributed by atoms with Gasteiger partial charge in [-0.15, -0.1) is 0 Å². The number of benzene rings is 1. The topological polar surface area (TPSA) is 70.2 Å². The minimum atomic E-state index is -3.73. The maximum absolute atomic E-state index is 12.9. The molecule has 0 aromatic heterocycles. The number of rotatable bonds is 4. The Hall–Kier alpha value is -0.900. The van der Waals surface area contributed by atoms with E-state index in [2.05, 4.69) is 0 Å². The number of morpholine rings is 1. The molecule has 3 rings (SSSR count). The van der Waals surface area contributed by atoms with Gasteiger partial charge in [0.2, 0.25) is 15.9 Å². The number of hydrogen-bond donors (Lipinski definition) is 0. The molecule has 1 aromatic rings. The molecule has 150 valence electrons. The van der Waals surface area contributed by atoms with E-state index in [1.54, 1.807) is 6.07 Å². The average Bonchev–Trinajstić information content (AvgIpc) is 2.69. The van der Waals surface area contributed by atoms with Gasteiger partial charge in [0.05, 0.1) is 24.3 Å². The van der Waals surface area contributed by atoms with Gasteiger partial charge in [0.25, 0.3) is 0 Å². The molecular weight excluding hydrogens is 413 g/mol. The van der Waals surface area contributed by atoms with Crippen molar-refractivity contribution in [3.05, 3.63) is 28.2 Å². The molecule has 1 aromatic carbocycles. The fraction of sp³-hybridized carbons (Fsp3) is 0.588. The second kappa shape index (κ2) is 8.63. The standard InChI is InChI=1S/C17H23Cl2N3O4S/c1-13(17(23)21-8-10-26-11-9-21)20-4-6-22(7-5-20)27(24,25)16-12-14(18)2-3-15(16)19/h2-3,12-13H,4-11H2,1H3/t13-/m1/s1. The third-order valence-electron chi connectivity index (χ3n) is 5.01. The van der Waals surface area contributed by atoms with Crippen LogP contribution < -0.4 is 0 Å². The largest absolute Gasteiger partial charge is 0.378 e. The molecule has 1 amide bonds. The molecule has 7 nitrogen and oxygen atoms in total. The van der Waals surface area contributed by atoms with Gasteiger partial charge in [0, 0.05) is 44.3 Å². The Morgan fingerprint density at radius 3 is 2.33 bits per heavy atom. The molecule has 27 heavy (non-hydrogen) atoms. The predicted octanol–water partition coefficient (Wildman–Crippen LogP) is 1.55. The number of nitrogens with zero attached hydrogens (tertiary/aromatic N) is 3. The quantitative estimate of drug-likeness (QED) is 0.717. The van der Waals surface area contributed by atoms with Crippen LogP contribution in [0.5, 0.6) is 0 Å². The van der Waals surface area contributed by atoms with Crippen LogP contribution in [-0.4, -0.2) is 87.0 Å². The van der Waals surface area contributed by atoms with Crippen molar-refractivity contribution in [1.29, 1.82) is 0 Å². The molecule has 2 saturated heterocycles. The van der Waals surface area contributed by atoms with E-state index in [9.17, 15) is 13.2 Å². The van der Waals surface area contributed by atoms with E-state index in [0.29, 0.717) is 57.5 Å². The van der Waals surface area contributed by atoms with Crippen LogP contribution in [0.4, 0.5) is 0 Å². The number of amides is 1. The Bertz CT molecular complexity index is 791. The molecule has 2 fully saturated rings. The number of piperazine rings is 1. The first kappa shape index (κ1) is 20.8. The van der Waals surface area contributed by atoms with Crippen LogP contribution in [0.25, 0.3) is 0 Å². The summed E-state index contributed by atoms with van der Waals surface area (Å²) in [6, 6.07) is 4.12. The van der Waals surface area contributed by atoms with Crippen LogP contribution in [-0.2, 0) is 19.6 Å². The summed E-state index contributed by atoms with van der Waals surface area (Å²) in [4.78, 5) is 16.5. The first-order valence-electron chi connectivity index (χ1n) is 8.86. The molecule has 0 aliphatic carbocycles. The van der Waals surface area contributed by atoms with Gasteiger partial charge in [-0.25, -0.2) is 8.42 Å². The van der Waals surface area contributed by atoms with Crippen molar-refractivity contribution in [3.63, 3.8) is 0 Å². The monoisotopic (exact) mass is 435 g/mol. The molecule has 2 aliphatic heterocycles. The van der Waals surface area contributed by atoms with Gasteiger partial charge in [0.1, 0.15) is 4.90 Å². The Labute approximate surface area is 169 Å². The molecule has 10 heteroatoms. The van der Waals surface area contributed by atoms with Crippen LogP contribution in [0, 0.1) is 0 Å². The summed E-state index contributed by atoms with van der Waals surface area (Å²) in [5.74, 6) is 0.0625. The normalized spacial score (nSPS) is 21.2. The highest BCUT2D eigenvalue weighted by Gasteiger charge is 2.34. The summed E-state index contributed by atoms with van der Waals surface area (Å²) >= 11 is 12.0. The van der Waals surface area contributed by atoms with Gasteiger partial charge in [0.15, 0.2) is 0 Å². The molecule has 2 heterocycles. The van der Waals surface area contributed by atoms with Crippen molar-refractivity contribution >= 4 is 39.1 Å². The lowest BCUT2D eigenvalue weighted by Crippen LogP contribution is -2.56. The zero-order valence-electron chi connectivity index (χ0n) is 15.1. The van der Waals surface area contributed by atoms with Crippen LogP contribution in [0.1, 0.15) is 6.92 Å². The average molecular weight is 436 g/mol. The molecule has 0 unspecified atom stereocenters. The number of carbonyl (C=O) groups excluding carboxylic acids is 1. The zero-order valence-corrected chi connectivity index (χ0v) is 17.4. The molecule has 0 saturated carbocycles. The van der Waals surface area contributed by atoms with Crippen molar-refractivity contribution in [1.82, 2.24) is 14.1 Å². The number of sulfonamides is 1. The van der Waals surface area contributed by atoms with Crippen LogP contribution >= 0.6 is 23.2 Å². The molecule has 0 bridgehead atoms. The highest BCUT2D eigenvalue weighted by Crippen LogP contribution is 2.28. The fourth-order valence-corrected chi connectivity index (χ4v) is 5.51. The second-order valence-corrected chi connectivity index (χ2v) is 9.38. The van der Waals surface area contributed by atoms with E-state index in [0.717, 1.165) is 0 Å². The predicted molar refractivity (Wildman–Crippen MR) is 104 cm³/mol. The van der Waals surface area contributed by atoms with Gasteiger partial charge in [-0.05, 0) is 25.1 Å². The van der Waals surface area contributed by atoms with Gasteiger partial charge in [-0.1, -0.05) is 23.2 Å². The van der Waals surface area contributed by atoms with Crippen LogP contribution in [0.3, 0.4) is 0 Å². The maximum atomic E-state index is 12.9. The lowest BCUT2D eigenvalue weighted by molar-refractivity contribution is -0.140. The summed E-state index contributed by atoms with van der Waals surface area (Å²) in [7, 11) is -3.73. The SMILES string of the molecule is C[C@H](C(=O)N1CCOCC1)N1CCN(S(=O)(=O)c2cc(Cl)ccc2Cl)CC1. The highest BCUT2D eigenvalue weighted by atomic mass is 35.5. The third-order valence-corrected chi connectivity index (χ3v) is 7.63. The van der Waals surface area contributed by atoms with E-state index in [-0.39, 0.29) is 21.9 Å². The summed E-state index contributed by atoms with van der Waals surface area (Å²) in [5, 5.41) is 0.471. The molecular formula is C17H23Cl2N3O4S. The van der Waals surface area contributed by atoms with Gasteiger partial charge in [-0.3, -0.25) is 9.69 Å². The molecule has 0 spiro atoms. The van der Waals surface area contributed by atoms with Crippen molar-refractivity contribution < 1.29 is 17.9 Å². The smallest absolute Gasteiger partial charge is 0.244 e. The minimum absolute atomic E-state index is 0.0163. The number of carbonyl (C=O) groups is 1. The number of ether oxygens (including phenoxy) is 1. The van der Waals surface area contributed by atoms with Crippen molar-refractivity contribution in [2.75, 3.05) is 52.5 Å². The molecule has 2 aliphatic rings. The number of hydrogen-bond acceptors (Lipinski definition) is 5. The first-order valence-corrected chi connectivity index (χ1v) is 11.1. The summed E-state index contributed by atoms with van der Waals surface area (Å²) < 4.78 is 32.5. The van der Waals surface area contributed by atoms with Crippen molar-refractivity contribution in [3.8, 4) is 0 Å². The van der Waals surface area contributed by atoms with E-state index >= 15 is 0 Å². The lowest BCUT2D eigenvalue weighted by atomic mass is 10.2. The van der Waals surface area contributed by atoms with Gasteiger partial charge >= 0.3 is 0 Å². The van der Waals surface area contributed by atoms with Crippen LogP contribution in [0.15, 0.2) is 23.1 Å². The number of halogens is 2. The summed E-state index contributed by atoms with van der Waals surface area (Å²) in [6.45, 7) is 5.75. The van der Waals surface area contributed by atoms with Crippen molar-refractivity contribution in [2.24, 2.45) is 0 Å². The third kappa shape index (κ3) is 4.58. The first-order chi connectivity index (χ1) is 12.8. The van der Waals surface area contributed by atoms with E-state index in [1.165, 1.54) is 16.4 Å². The molecule has 0 radical (unpaired) electrons. The Kier molecular flexibility index (Phi) is 6.66. The Morgan fingerprint density at radius 2 is 1.70 bits per heavy atom. The second-order valence-electron chi connectivity index (χ2n) is 6.63. The zero-order chi connectivity index (χ0) is 19.6. The Balaban J connectivity index is 1.64. The highest BCUT2D eigenvalue weighted by molar-refractivity contribution is 7.89. The van der Waals surface area contributed by atoms with Gasteiger partial charge < -0.3 is 9.64 Å². The maximum Gasteiger partial charge on any atom is 0.244 e. The van der Waals surface area contributed by atoms with E-state index in [4.69, 9.17) is 27.9 Å². The van der Waals surface area contributed by atoms with E-state index in [1.807, 2.05) is 16.7 Å². The summed E-state index contributed by atoms with van der Waals surface area (Å²) in [5.41, 5.74) is 0. The molecule has 0 N–H and O–H groups in total. The Morgan fingerprint density at radius 1 is 1.07 bits per heavy atom. The molecule has 1 atom stereocenters. The lowest BCUT2D eigenvalue weighted by Gasteiger charge is -2.39. The fourth-order valence-electron chi connectivity index (χ4n) is 3.35. The minimum Gasteiger partial charge on any atom is -0.378 e. The van der Waals surface area contributed by atoms with Crippen LogP contribution in [0.2, 0.25) is 10.0 Å². The van der Waals surface area contributed by atoms with Crippen molar-refractivity contribution in [2.45, 2.75) is 17.9 Å². The van der Waals surface area contributed by atoms with Gasteiger partial charge in [-0.2, -0.15) is 4.31 Å². The van der Waals surface area contributed by atoms with E-state index < -0.39 is 10.0 Å².